The number of aromatic nitrogens is 2. The van der Waals surface area contributed by atoms with Crippen LogP contribution < -0.4 is 4.90 Å². The predicted molar refractivity (Wildman–Crippen MR) is 80.4 cm³/mol. The highest BCUT2D eigenvalue weighted by Crippen LogP contribution is 2.30. The summed E-state index contributed by atoms with van der Waals surface area (Å²) in [7, 11) is 2.16. The van der Waals surface area contributed by atoms with Crippen LogP contribution >= 0.6 is 0 Å². The highest BCUT2D eigenvalue weighted by Gasteiger charge is 2.13. The van der Waals surface area contributed by atoms with Gasteiger partial charge in [-0.25, -0.2) is 9.97 Å². The molecular formula is C16H21N3. The lowest BCUT2D eigenvalue weighted by molar-refractivity contribution is 0.745. The number of benzene rings is 1. The summed E-state index contributed by atoms with van der Waals surface area (Å²) < 4.78 is 0. The van der Waals surface area contributed by atoms with Crippen molar-refractivity contribution in [3.8, 4) is 11.1 Å². The van der Waals surface area contributed by atoms with Gasteiger partial charge in [-0.1, -0.05) is 19.9 Å². The number of rotatable bonds is 1. The van der Waals surface area contributed by atoms with Crippen LogP contribution in [-0.2, 0) is 6.42 Å². The molecular weight excluding hydrogens is 234 g/mol. The van der Waals surface area contributed by atoms with E-state index >= 15 is 0 Å². The molecule has 19 heavy (non-hydrogen) atoms. The van der Waals surface area contributed by atoms with Gasteiger partial charge >= 0.3 is 0 Å². The molecule has 0 N–H and O–H groups in total. The van der Waals surface area contributed by atoms with E-state index in [2.05, 4.69) is 40.1 Å². The smallest absolute Gasteiger partial charge is 0.115 e. The van der Waals surface area contributed by atoms with Crippen LogP contribution in [0.15, 0.2) is 36.9 Å². The Morgan fingerprint density at radius 3 is 2.53 bits per heavy atom. The lowest BCUT2D eigenvalue weighted by Gasteiger charge is -2.27. The Kier molecular flexibility index (Phi) is 4.50. The fourth-order valence-electron chi connectivity index (χ4n) is 2.41. The highest BCUT2D eigenvalue weighted by atomic mass is 15.1. The van der Waals surface area contributed by atoms with Crippen molar-refractivity contribution >= 4 is 5.69 Å². The second-order valence-corrected chi connectivity index (χ2v) is 4.50. The summed E-state index contributed by atoms with van der Waals surface area (Å²) in [6.45, 7) is 5.15. The van der Waals surface area contributed by atoms with Gasteiger partial charge in [-0.05, 0) is 36.1 Å². The maximum Gasteiger partial charge on any atom is 0.115 e. The molecule has 100 valence electrons. The van der Waals surface area contributed by atoms with E-state index in [0.717, 1.165) is 12.1 Å². The Morgan fingerprint density at radius 2 is 1.79 bits per heavy atom. The molecule has 1 aliphatic heterocycles. The Labute approximate surface area is 115 Å². The van der Waals surface area contributed by atoms with Crippen molar-refractivity contribution in [2.75, 3.05) is 18.5 Å². The molecule has 1 aliphatic rings. The number of aryl methyl sites for hydroxylation is 1. The summed E-state index contributed by atoms with van der Waals surface area (Å²) in [6.07, 6.45) is 7.69. The molecule has 1 aromatic heterocycles. The van der Waals surface area contributed by atoms with Crippen molar-refractivity contribution in [3.63, 3.8) is 0 Å². The first kappa shape index (κ1) is 13.5. The standard InChI is InChI=1S/C14H15N3.C2H6/c1-17-6-2-3-12-7-11(4-5-14(12)17)13-8-15-10-16-9-13;1-2/h4-5,7-10H,2-3,6H2,1H3;1-2H3. The quantitative estimate of drug-likeness (QED) is 0.780. The lowest BCUT2D eigenvalue weighted by Crippen LogP contribution is -2.24. The van der Waals surface area contributed by atoms with Gasteiger partial charge in [0, 0.05) is 37.2 Å². The third-order valence-corrected chi connectivity index (χ3v) is 3.32. The molecule has 0 spiro atoms. The van der Waals surface area contributed by atoms with Crippen molar-refractivity contribution in [2.24, 2.45) is 0 Å². The topological polar surface area (TPSA) is 29.0 Å². The molecule has 0 fully saturated rings. The van der Waals surface area contributed by atoms with Crippen molar-refractivity contribution in [3.05, 3.63) is 42.5 Å². The van der Waals surface area contributed by atoms with Crippen molar-refractivity contribution in [1.82, 2.24) is 9.97 Å². The molecule has 0 radical (unpaired) electrons. The van der Waals surface area contributed by atoms with Crippen LogP contribution in [0, 0.1) is 0 Å². The zero-order chi connectivity index (χ0) is 13.7. The van der Waals surface area contributed by atoms with E-state index in [0.29, 0.717) is 0 Å². The minimum atomic E-state index is 1.09. The number of hydrogen-bond donors (Lipinski definition) is 0. The number of fused-ring (bicyclic) bond motifs is 1. The van der Waals surface area contributed by atoms with Crippen molar-refractivity contribution in [2.45, 2.75) is 26.7 Å². The molecule has 0 bridgehead atoms. The van der Waals surface area contributed by atoms with E-state index in [1.54, 1.807) is 6.33 Å². The maximum absolute atomic E-state index is 4.07. The minimum Gasteiger partial charge on any atom is -0.374 e. The van der Waals surface area contributed by atoms with E-state index in [9.17, 15) is 0 Å². The van der Waals surface area contributed by atoms with Crippen LogP contribution in [0.2, 0.25) is 0 Å². The Hall–Kier alpha value is -1.90. The van der Waals surface area contributed by atoms with Crippen LogP contribution in [-0.4, -0.2) is 23.6 Å². The first-order chi connectivity index (χ1) is 9.34. The number of nitrogens with zero attached hydrogens (tertiary/aromatic N) is 3. The van der Waals surface area contributed by atoms with Crippen LogP contribution in [0.5, 0.6) is 0 Å². The molecule has 3 rings (SSSR count). The van der Waals surface area contributed by atoms with Crippen LogP contribution in [0.25, 0.3) is 11.1 Å². The van der Waals surface area contributed by atoms with Crippen molar-refractivity contribution in [1.29, 1.82) is 0 Å². The van der Waals surface area contributed by atoms with Crippen LogP contribution in [0.4, 0.5) is 5.69 Å². The molecule has 0 amide bonds. The maximum atomic E-state index is 4.07. The largest absolute Gasteiger partial charge is 0.374 e. The van der Waals surface area contributed by atoms with Crippen molar-refractivity contribution < 1.29 is 0 Å². The van der Waals surface area contributed by atoms with Gasteiger partial charge in [0.25, 0.3) is 0 Å². The van der Waals surface area contributed by atoms with Gasteiger partial charge in [0.15, 0.2) is 0 Å². The summed E-state index contributed by atoms with van der Waals surface area (Å²) in [5.41, 5.74) is 5.08. The number of hydrogen-bond acceptors (Lipinski definition) is 3. The molecule has 0 saturated heterocycles. The van der Waals surface area contributed by atoms with E-state index in [1.165, 1.54) is 29.7 Å². The third kappa shape index (κ3) is 2.92. The van der Waals surface area contributed by atoms with Crippen LogP contribution in [0.3, 0.4) is 0 Å². The van der Waals surface area contributed by atoms with E-state index in [-0.39, 0.29) is 0 Å². The van der Waals surface area contributed by atoms with Gasteiger partial charge in [-0.2, -0.15) is 0 Å². The first-order valence-corrected chi connectivity index (χ1v) is 6.94. The molecule has 0 unspecified atom stereocenters. The van der Waals surface area contributed by atoms with E-state index in [1.807, 2.05) is 26.2 Å². The zero-order valence-electron chi connectivity index (χ0n) is 11.9. The normalized spacial score (nSPS) is 13.3. The van der Waals surface area contributed by atoms with Gasteiger partial charge < -0.3 is 4.90 Å². The molecule has 3 nitrogen and oxygen atoms in total. The highest BCUT2D eigenvalue weighted by molar-refractivity contribution is 5.68. The van der Waals surface area contributed by atoms with Gasteiger partial charge in [0.05, 0.1) is 0 Å². The van der Waals surface area contributed by atoms with Crippen LogP contribution in [0.1, 0.15) is 25.8 Å². The van der Waals surface area contributed by atoms with Gasteiger partial charge in [-0.15, -0.1) is 0 Å². The fourth-order valence-corrected chi connectivity index (χ4v) is 2.41. The predicted octanol–water partition coefficient (Wildman–Crippen LogP) is 3.55. The SMILES string of the molecule is CC.CN1CCCc2cc(-c3cncnc3)ccc21. The molecule has 2 heterocycles. The summed E-state index contributed by atoms with van der Waals surface area (Å²) in [5, 5.41) is 0. The summed E-state index contributed by atoms with van der Waals surface area (Å²) in [6, 6.07) is 6.62. The molecule has 0 aliphatic carbocycles. The van der Waals surface area contributed by atoms with Gasteiger partial charge in [0.2, 0.25) is 0 Å². The molecule has 0 saturated carbocycles. The zero-order valence-corrected chi connectivity index (χ0v) is 11.9. The van der Waals surface area contributed by atoms with Gasteiger partial charge in [0.1, 0.15) is 6.33 Å². The molecule has 3 heteroatoms. The Balaban J connectivity index is 0.000000637. The average Bonchev–Trinajstić information content (AvgIpc) is 2.50. The van der Waals surface area contributed by atoms with E-state index in [4.69, 9.17) is 0 Å². The second kappa shape index (κ2) is 6.32. The average molecular weight is 255 g/mol. The van der Waals surface area contributed by atoms with E-state index < -0.39 is 0 Å². The van der Waals surface area contributed by atoms with Gasteiger partial charge in [-0.3, -0.25) is 0 Å². The molecule has 0 atom stereocenters. The Morgan fingerprint density at radius 1 is 1.05 bits per heavy atom. The number of anilines is 1. The monoisotopic (exact) mass is 255 g/mol. The lowest BCUT2D eigenvalue weighted by atomic mass is 9.97. The Bertz CT molecular complexity index is 523. The first-order valence-electron chi connectivity index (χ1n) is 6.94. The summed E-state index contributed by atoms with van der Waals surface area (Å²) in [5.74, 6) is 0. The third-order valence-electron chi connectivity index (χ3n) is 3.32. The summed E-state index contributed by atoms with van der Waals surface area (Å²) >= 11 is 0. The molecule has 2 aromatic rings. The molecule has 1 aromatic carbocycles. The minimum absolute atomic E-state index is 1.09. The fraction of sp³-hybridized carbons (Fsp3) is 0.375. The summed E-state index contributed by atoms with van der Waals surface area (Å²) in [4.78, 5) is 10.5. The second-order valence-electron chi connectivity index (χ2n) is 4.50.